The van der Waals surface area contributed by atoms with E-state index in [1.807, 2.05) is 0 Å². The molecule has 1 aromatic heterocycles. The molecule has 2 atom stereocenters. The van der Waals surface area contributed by atoms with Crippen molar-refractivity contribution in [1.82, 2.24) is 4.98 Å². The molecule has 1 aromatic rings. The van der Waals surface area contributed by atoms with E-state index < -0.39 is 8.32 Å². The number of rotatable bonds is 5. The van der Waals surface area contributed by atoms with Gasteiger partial charge in [0.2, 0.25) is 8.32 Å². The lowest BCUT2D eigenvalue weighted by Crippen LogP contribution is -2.49. The SMILES string of the molecule is CC(C)[Si](O[C@@H]1CC[C@H](C)c2c(O)ccnc21)(C(C)C)C(C)C. The van der Waals surface area contributed by atoms with Gasteiger partial charge in [0.1, 0.15) is 5.75 Å². The van der Waals surface area contributed by atoms with Gasteiger partial charge in [-0.05, 0) is 41.4 Å². The van der Waals surface area contributed by atoms with Crippen LogP contribution in [0.4, 0.5) is 0 Å². The van der Waals surface area contributed by atoms with E-state index in [0.29, 0.717) is 28.3 Å². The second-order valence-electron chi connectivity index (χ2n) is 8.03. The van der Waals surface area contributed by atoms with Gasteiger partial charge in [-0.1, -0.05) is 48.5 Å². The average molecular weight is 336 g/mol. The number of aromatic hydroxyl groups is 1. The Hall–Kier alpha value is -0.873. The summed E-state index contributed by atoms with van der Waals surface area (Å²) in [4.78, 5) is 4.61. The van der Waals surface area contributed by atoms with Crippen LogP contribution in [-0.2, 0) is 4.43 Å². The molecule has 1 N–H and O–H groups in total. The van der Waals surface area contributed by atoms with E-state index in [2.05, 4.69) is 53.5 Å². The van der Waals surface area contributed by atoms with Gasteiger partial charge in [0.25, 0.3) is 0 Å². The maximum atomic E-state index is 10.3. The Balaban J connectivity index is 2.44. The first-order valence-electron chi connectivity index (χ1n) is 9.07. The predicted octanol–water partition coefficient (Wildman–Crippen LogP) is 5.92. The van der Waals surface area contributed by atoms with Gasteiger partial charge in [0.15, 0.2) is 0 Å². The molecule has 0 bridgehead atoms. The molecule has 0 unspecified atom stereocenters. The maximum absolute atomic E-state index is 10.3. The molecule has 1 heterocycles. The third kappa shape index (κ3) is 3.20. The van der Waals surface area contributed by atoms with Crippen molar-refractivity contribution in [1.29, 1.82) is 0 Å². The van der Waals surface area contributed by atoms with E-state index in [4.69, 9.17) is 4.43 Å². The zero-order valence-electron chi connectivity index (χ0n) is 15.8. The van der Waals surface area contributed by atoms with Gasteiger partial charge in [-0.25, -0.2) is 0 Å². The normalized spacial score (nSPS) is 22.0. The average Bonchev–Trinajstić information content (AvgIpc) is 2.45. The second kappa shape index (κ2) is 6.94. The predicted molar refractivity (Wildman–Crippen MR) is 98.4 cm³/mol. The van der Waals surface area contributed by atoms with Crippen LogP contribution in [0, 0.1) is 0 Å². The largest absolute Gasteiger partial charge is 0.508 e. The van der Waals surface area contributed by atoms with Crippen LogP contribution >= 0.6 is 0 Å². The van der Waals surface area contributed by atoms with E-state index in [-0.39, 0.29) is 6.10 Å². The van der Waals surface area contributed by atoms with Crippen molar-refractivity contribution >= 4 is 8.32 Å². The monoisotopic (exact) mass is 335 g/mol. The highest BCUT2D eigenvalue weighted by Crippen LogP contribution is 2.49. The first-order valence-corrected chi connectivity index (χ1v) is 11.2. The van der Waals surface area contributed by atoms with Crippen molar-refractivity contribution < 1.29 is 9.53 Å². The minimum atomic E-state index is -1.94. The fourth-order valence-corrected chi connectivity index (χ4v) is 10.2. The topological polar surface area (TPSA) is 42.4 Å². The van der Waals surface area contributed by atoms with Crippen LogP contribution in [-0.4, -0.2) is 18.4 Å². The quantitative estimate of drug-likeness (QED) is 0.679. The van der Waals surface area contributed by atoms with Crippen molar-refractivity contribution in [2.24, 2.45) is 0 Å². The number of hydrogen-bond donors (Lipinski definition) is 1. The van der Waals surface area contributed by atoms with Crippen LogP contribution in [0.5, 0.6) is 5.75 Å². The van der Waals surface area contributed by atoms with Crippen LogP contribution < -0.4 is 0 Å². The molecule has 0 fully saturated rings. The summed E-state index contributed by atoms with van der Waals surface area (Å²) in [6.07, 6.45) is 3.81. The number of pyridine rings is 1. The molecule has 1 aliphatic rings. The summed E-state index contributed by atoms with van der Waals surface area (Å²) in [6.45, 7) is 16.1. The highest BCUT2D eigenvalue weighted by atomic mass is 28.4. The molecule has 0 aliphatic heterocycles. The summed E-state index contributed by atoms with van der Waals surface area (Å²) in [5, 5.41) is 10.3. The molecule has 2 rings (SSSR count). The zero-order chi connectivity index (χ0) is 17.4. The molecule has 1 aliphatic carbocycles. The van der Waals surface area contributed by atoms with Gasteiger partial charge in [-0.3, -0.25) is 4.98 Å². The summed E-state index contributed by atoms with van der Waals surface area (Å²) in [6, 6.07) is 1.70. The standard InChI is InChI=1S/C19H33NO2Si/c1-12(2)23(13(3)4,14(5)6)22-17-9-8-15(7)18-16(21)10-11-20-19(17)18/h10-15,17H,8-9H2,1-7H3,(H,20,21)/t15-,17+/m0/s1. The minimum absolute atomic E-state index is 0.0344. The molecule has 4 heteroatoms. The first kappa shape index (κ1) is 18.5. The minimum Gasteiger partial charge on any atom is -0.508 e. The van der Waals surface area contributed by atoms with Crippen molar-refractivity contribution in [2.45, 2.75) is 90.0 Å². The van der Waals surface area contributed by atoms with Gasteiger partial charge >= 0.3 is 0 Å². The maximum Gasteiger partial charge on any atom is 0.201 e. The van der Waals surface area contributed by atoms with Crippen molar-refractivity contribution in [2.75, 3.05) is 0 Å². The van der Waals surface area contributed by atoms with E-state index >= 15 is 0 Å². The molecular formula is C19H33NO2Si. The first-order chi connectivity index (χ1) is 10.7. The Morgan fingerprint density at radius 3 is 2.17 bits per heavy atom. The van der Waals surface area contributed by atoms with Crippen molar-refractivity contribution in [3.8, 4) is 5.75 Å². The Morgan fingerprint density at radius 2 is 1.65 bits per heavy atom. The molecule has 0 spiro atoms. The molecule has 3 nitrogen and oxygen atoms in total. The Bertz CT molecular complexity index is 520. The molecule has 0 radical (unpaired) electrons. The highest BCUT2D eigenvalue weighted by Gasteiger charge is 2.47. The fraction of sp³-hybridized carbons (Fsp3) is 0.737. The van der Waals surface area contributed by atoms with E-state index in [9.17, 15) is 5.11 Å². The smallest absolute Gasteiger partial charge is 0.201 e. The van der Waals surface area contributed by atoms with E-state index in [1.165, 1.54) is 0 Å². The molecule has 0 saturated heterocycles. The highest BCUT2D eigenvalue weighted by molar-refractivity contribution is 6.77. The lowest BCUT2D eigenvalue weighted by atomic mass is 9.85. The summed E-state index contributed by atoms with van der Waals surface area (Å²) >= 11 is 0. The Morgan fingerprint density at radius 1 is 1.09 bits per heavy atom. The lowest BCUT2D eigenvalue weighted by Gasteiger charge is -2.45. The molecular weight excluding hydrogens is 302 g/mol. The number of fused-ring (bicyclic) bond motifs is 1. The summed E-state index contributed by atoms with van der Waals surface area (Å²) < 4.78 is 6.96. The number of hydrogen-bond acceptors (Lipinski definition) is 3. The van der Waals surface area contributed by atoms with Crippen LogP contribution in [0.3, 0.4) is 0 Å². The number of aromatic nitrogens is 1. The molecule has 0 aromatic carbocycles. The van der Waals surface area contributed by atoms with Crippen LogP contribution in [0.2, 0.25) is 16.6 Å². The fourth-order valence-electron chi connectivity index (χ4n) is 4.69. The van der Waals surface area contributed by atoms with Crippen molar-refractivity contribution in [3.63, 3.8) is 0 Å². The molecule has 23 heavy (non-hydrogen) atoms. The molecule has 130 valence electrons. The van der Waals surface area contributed by atoms with Gasteiger partial charge < -0.3 is 9.53 Å². The van der Waals surface area contributed by atoms with E-state index in [0.717, 1.165) is 24.1 Å². The van der Waals surface area contributed by atoms with Gasteiger partial charge in [-0.15, -0.1) is 0 Å². The van der Waals surface area contributed by atoms with Gasteiger partial charge in [0, 0.05) is 11.8 Å². The van der Waals surface area contributed by atoms with Crippen molar-refractivity contribution in [3.05, 3.63) is 23.5 Å². The third-order valence-corrected chi connectivity index (χ3v) is 11.8. The lowest BCUT2D eigenvalue weighted by molar-refractivity contribution is 0.146. The molecule has 0 amide bonds. The summed E-state index contributed by atoms with van der Waals surface area (Å²) in [5.74, 6) is 0.730. The summed E-state index contributed by atoms with van der Waals surface area (Å²) in [5.41, 5.74) is 3.65. The molecule has 0 saturated carbocycles. The van der Waals surface area contributed by atoms with Crippen LogP contribution in [0.15, 0.2) is 12.3 Å². The number of nitrogens with zero attached hydrogens (tertiary/aromatic N) is 1. The zero-order valence-corrected chi connectivity index (χ0v) is 16.8. The van der Waals surface area contributed by atoms with Crippen LogP contribution in [0.25, 0.3) is 0 Å². The Labute approximate surface area is 142 Å². The van der Waals surface area contributed by atoms with Gasteiger partial charge in [-0.2, -0.15) is 0 Å². The third-order valence-electron chi connectivity index (χ3n) is 5.71. The van der Waals surface area contributed by atoms with Gasteiger partial charge in [0.05, 0.1) is 11.8 Å². The Kier molecular flexibility index (Phi) is 5.57. The summed E-state index contributed by atoms with van der Waals surface area (Å²) in [7, 11) is -1.94. The van der Waals surface area contributed by atoms with E-state index in [1.54, 1.807) is 12.3 Å². The van der Waals surface area contributed by atoms with Crippen LogP contribution in [0.1, 0.15) is 84.6 Å². The second-order valence-corrected chi connectivity index (χ2v) is 13.4.